The lowest BCUT2D eigenvalue weighted by molar-refractivity contribution is 0.0657. The Bertz CT molecular complexity index is 1290. The molecule has 1 aliphatic heterocycles. The number of fused-ring (bicyclic) bond motifs is 1. The van der Waals surface area contributed by atoms with Gasteiger partial charge in [-0.1, -0.05) is 11.8 Å². The highest BCUT2D eigenvalue weighted by Crippen LogP contribution is 2.33. The van der Waals surface area contributed by atoms with Crippen LogP contribution in [-0.4, -0.2) is 53.5 Å². The largest absolute Gasteiger partial charge is 0.497 e. The molecule has 4 rings (SSSR count). The van der Waals surface area contributed by atoms with Crippen molar-refractivity contribution in [3.63, 3.8) is 0 Å². The SMILES string of the molecule is COc1ccc2nccc([C@@H](CC[C@@H]3CCN(CC#Cc4cc(F)cc(F)c4F)C[C@@H]3CO)NO)c2c1. The van der Waals surface area contributed by atoms with E-state index in [1.54, 1.807) is 13.3 Å². The molecule has 0 radical (unpaired) electrons. The lowest BCUT2D eigenvalue weighted by Crippen LogP contribution is -2.42. The van der Waals surface area contributed by atoms with Crippen molar-refractivity contribution in [3.8, 4) is 17.6 Å². The lowest BCUT2D eigenvalue weighted by Gasteiger charge is -2.37. The molecular formula is C28H30F3N3O3. The first kappa shape index (κ1) is 26.9. The number of rotatable bonds is 8. The maximum atomic E-state index is 13.8. The van der Waals surface area contributed by atoms with Crippen molar-refractivity contribution in [1.82, 2.24) is 15.4 Å². The first-order valence-electron chi connectivity index (χ1n) is 12.2. The van der Waals surface area contributed by atoms with Gasteiger partial charge in [-0.25, -0.2) is 13.2 Å². The predicted molar refractivity (Wildman–Crippen MR) is 134 cm³/mol. The number of aliphatic hydroxyl groups excluding tert-OH is 1. The number of hydroxylamine groups is 1. The molecule has 2 aromatic carbocycles. The summed E-state index contributed by atoms with van der Waals surface area (Å²) in [5, 5.41) is 20.9. The van der Waals surface area contributed by atoms with Gasteiger partial charge in [0.25, 0.3) is 0 Å². The molecule has 0 aliphatic carbocycles. The molecule has 196 valence electrons. The smallest absolute Gasteiger partial charge is 0.174 e. The fourth-order valence-corrected chi connectivity index (χ4v) is 5.03. The highest BCUT2D eigenvalue weighted by atomic mass is 19.2. The Kier molecular flexibility index (Phi) is 9.00. The fourth-order valence-electron chi connectivity index (χ4n) is 5.03. The van der Waals surface area contributed by atoms with Gasteiger partial charge in [0.15, 0.2) is 11.6 Å². The maximum Gasteiger partial charge on any atom is 0.174 e. The molecule has 3 N–H and O–H groups in total. The summed E-state index contributed by atoms with van der Waals surface area (Å²) in [7, 11) is 1.60. The number of hydrogen-bond donors (Lipinski definition) is 3. The van der Waals surface area contributed by atoms with Crippen molar-refractivity contribution in [2.24, 2.45) is 11.8 Å². The third-order valence-electron chi connectivity index (χ3n) is 7.07. The van der Waals surface area contributed by atoms with E-state index >= 15 is 0 Å². The summed E-state index contributed by atoms with van der Waals surface area (Å²) in [4.78, 5) is 6.45. The van der Waals surface area contributed by atoms with Gasteiger partial charge in [-0.05, 0) is 73.5 Å². The standard InChI is InChI=1S/C28H30F3N3O3/c1-37-22-5-7-26-24(15-22)23(8-10-32-26)27(33-36)6-4-18-9-12-34(16-20(18)17-35)11-2-3-19-13-21(29)14-25(30)28(19)31/h5,7-8,10,13-15,18,20,27,33,35-36H,4,6,9,11-12,16-17H2,1H3/t18-,20-,27-/m1/s1. The number of likely N-dealkylation sites (tertiary alicyclic amines) is 1. The number of aliphatic hydroxyl groups is 1. The predicted octanol–water partition coefficient (Wildman–Crippen LogP) is 4.44. The Morgan fingerprint density at radius 2 is 2.03 bits per heavy atom. The monoisotopic (exact) mass is 513 g/mol. The van der Waals surface area contributed by atoms with Gasteiger partial charge in [-0.3, -0.25) is 9.88 Å². The van der Waals surface area contributed by atoms with Crippen molar-refractivity contribution in [3.05, 3.63) is 71.2 Å². The number of methoxy groups -OCH3 is 1. The van der Waals surface area contributed by atoms with E-state index in [1.165, 1.54) is 0 Å². The van der Waals surface area contributed by atoms with Crippen LogP contribution in [0.25, 0.3) is 10.9 Å². The Morgan fingerprint density at radius 3 is 2.78 bits per heavy atom. The van der Waals surface area contributed by atoms with Gasteiger partial charge in [-0.15, -0.1) is 0 Å². The first-order chi connectivity index (χ1) is 17.9. The zero-order chi connectivity index (χ0) is 26.4. The minimum Gasteiger partial charge on any atom is -0.497 e. The maximum absolute atomic E-state index is 13.8. The number of nitrogens with zero attached hydrogens (tertiary/aromatic N) is 2. The second kappa shape index (κ2) is 12.4. The molecule has 3 aromatic rings. The van der Waals surface area contributed by atoms with Gasteiger partial charge < -0.3 is 15.1 Å². The Labute approximate surface area is 214 Å². The zero-order valence-electron chi connectivity index (χ0n) is 20.6. The normalized spacial score (nSPS) is 18.9. The molecule has 0 amide bonds. The quantitative estimate of drug-likeness (QED) is 0.235. The average molecular weight is 514 g/mol. The van der Waals surface area contributed by atoms with E-state index in [4.69, 9.17) is 4.74 Å². The number of benzene rings is 2. The van der Waals surface area contributed by atoms with Gasteiger partial charge in [0.2, 0.25) is 0 Å². The summed E-state index contributed by atoms with van der Waals surface area (Å²) in [6.07, 6.45) is 3.97. The Balaban J connectivity index is 1.38. The van der Waals surface area contributed by atoms with E-state index in [1.807, 2.05) is 29.2 Å². The highest BCUT2D eigenvalue weighted by Gasteiger charge is 2.29. The van der Waals surface area contributed by atoms with Crippen LogP contribution in [0.5, 0.6) is 5.75 Å². The van der Waals surface area contributed by atoms with Gasteiger partial charge in [-0.2, -0.15) is 5.48 Å². The molecule has 1 aliphatic rings. The molecule has 0 bridgehead atoms. The molecule has 3 atom stereocenters. The number of nitrogens with one attached hydrogen (secondary N) is 1. The summed E-state index contributed by atoms with van der Waals surface area (Å²) in [5.41, 5.74) is 3.86. The second-order valence-electron chi connectivity index (χ2n) is 9.32. The average Bonchev–Trinajstić information content (AvgIpc) is 2.91. The van der Waals surface area contributed by atoms with Crippen LogP contribution < -0.4 is 10.2 Å². The van der Waals surface area contributed by atoms with Crippen molar-refractivity contribution < 1.29 is 28.2 Å². The molecule has 0 saturated carbocycles. The molecule has 37 heavy (non-hydrogen) atoms. The van der Waals surface area contributed by atoms with Crippen LogP contribution in [-0.2, 0) is 0 Å². The molecule has 1 aromatic heterocycles. The van der Waals surface area contributed by atoms with E-state index in [0.717, 1.165) is 41.9 Å². The van der Waals surface area contributed by atoms with Gasteiger partial charge in [0.1, 0.15) is 11.6 Å². The molecule has 1 fully saturated rings. The summed E-state index contributed by atoms with van der Waals surface area (Å²) >= 11 is 0. The summed E-state index contributed by atoms with van der Waals surface area (Å²) < 4.78 is 45.9. The van der Waals surface area contributed by atoms with Gasteiger partial charge >= 0.3 is 0 Å². The molecular weight excluding hydrogens is 483 g/mol. The second-order valence-corrected chi connectivity index (χ2v) is 9.32. The Morgan fingerprint density at radius 1 is 1.19 bits per heavy atom. The molecule has 2 heterocycles. The summed E-state index contributed by atoms with van der Waals surface area (Å²) in [6.45, 7) is 1.63. The van der Waals surface area contributed by atoms with E-state index in [-0.39, 0.29) is 30.0 Å². The molecule has 1 saturated heterocycles. The third-order valence-corrected chi connectivity index (χ3v) is 7.07. The van der Waals surface area contributed by atoms with E-state index in [9.17, 15) is 23.5 Å². The first-order valence-corrected chi connectivity index (χ1v) is 12.2. The highest BCUT2D eigenvalue weighted by molar-refractivity contribution is 5.84. The van der Waals surface area contributed by atoms with Crippen LogP contribution >= 0.6 is 0 Å². The van der Waals surface area contributed by atoms with Crippen LogP contribution in [0.2, 0.25) is 0 Å². The van der Waals surface area contributed by atoms with Crippen molar-refractivity contribution in [2.75, 3.05) is 33.4 Å². The lowest BCUT2D eigenvalue weighted by atomic mass is 9.81. The van der Waals surface area contributed by atoms with Gasteiger partial charge in [0.05, 0.1) is 30.8 Å². The van der Waals surface area contributed by atoms with Crippen molar-refractivity contribution in [2.45, 2.75) is 25.3 Å². The van der Waals surface area contributed by atoms with Crippen molar-refractivity contribution in [1.29, 1.82) is 0 Å². The van der Waals surface area contributed by atoms with Gasteiger partial charge in [0, 0.05) is 30.8 Å². The number of piperidine rings is 1. The fraction of sp³-hybridized carbons (Fsp3) is 0.393. The number of ether oxygens (including phenoxy) is 1. The third kappa shape index (κ3) is 6.40. The number of hydrogen-bond acceptors (Lipinski definition) is 6. The summed E-state index contributed by atoms with van der Waals surface area (Å²) in [6, 6.07) is 8.56. The van der Waals surface area contributed by atoms with Crippen LogP contribution in [0, 0.1) is 41.1 Å². The zero-order valence-corrected chi connectivity index (χ0v) is 20.6. The van der Waals surface area contributed by atoms with Crippen LogP contribution in [0.3, 0.4) is 0 Å². The van der Waals surface area contributed by atoms with E-state index in [0.29, 0.717) is 31.3 Å². The van der Waals surface area contributed by atoms with Crippen LogP contribution in [0.1, 0.15) is 36.4 Å². The number of pyridine rings is 1. The van der Waals surface area contributed by atoms with E-state index < -0.39 is 17.5 Å². The van der Waals surface area contributed by atoms with Crippen LogP contribution in [0.15, 0.2) is 42.6 Å². The topological polar surface area (TPSA) is 77.9 Å². The molecule has 0 spiro atoms. The number of aromatic nitrogens is 1. The minimum atomic E-state index is -1.26. The Hall–Kier alpha value is -3.16. The molecule has 6 nitrogen and oxygen atoms in total. The summed E-state index contributed by atoms with van der Waals surface area (Å²) in [5.74, 6) is 2.96. The molecule has 9 heteroatoms. The molecule has 0 unspecified atom stereocenters. The minimum absolute atomic E-state index is 0.00490. The van der Waals surface area contributed by atoms with Crippen molar-refractivity contribution >= 4 is 10.9 Å². The van der Waals surface area contributed by atoms with Crippen LogP contribution in [0.4, 0.5) is 13.2 Å². The van der Waals surface area contributed by atoms with E-state index in [2.05, 4.69) is 22.3 Å². The number of halogens is 3.